The number of nitrogens with zero attached hydrogens (tertiary/aromatic N) is 1. The van der Waals surface area contributed by atoms with Crippen LogP contribution >= 0.6 is 27.5 Å². The van der Waals surface area contributed by atoms with Crippen molar-refractivity contribution in [1.29, 1.82) is 0 Å². The van der Waals surface area contributed by atoms with Crippen LogP contribution in [0.2, 0.25) is 5.02 Å². The standard InChI is InChI=1S/C15H18BrClN2O2/c1-10(2)7-18-8-12-6-13(21-19-12)9-20-15-4-3-11(16)5-14(15)17/h3-6,10,18H,7-9H2,1-2H3. The lowest BCUT2D eigenvalue weighted by atomic mass is 10.2. The summed E-state index contributed by atoms with van der Waals surface area (Å²) in [5, 5.41) is 7.88. The molecule has 0 fully saturated rings. The van der Waals surface area contributed by atoms with Gasteiger partial charge in [0.15, 0.2) is 5.76 Å². The molecule has 21 heavy (non-hydrogen) atoms. The molecule has 6 heteroatoms. The third kappa shape index (κ3) is 5.34. The summed E-state index contributed by atoms with van der Waals surface area (Å²) in [4.78, 5) is 0. The van der Waals surface area contributed by atoms with Crippen LogP contribution in [-0.4, -0.2) is 11.7 Å². The Balaban J connectivity index is 1.85. The number of rotatable bonds is 7. The van der Waals surface area contributed by atoms with Crippen molar-refractivity contribution < 1.29 is 9.26 Å². The molecule has 2 rings (SSSR count). The number of ether oxygens (including phenoxy) is 1. The van der Waals surface area contributed by atoms with Crippen LogP contribution in [0, 0.1) is 5.92 Å². The molecule has 0 spiro atoms. The molecule has 0 bridgehead atoms. The number of hydrogen-bond acceptors (Lipinski definition) is 4. The Morgan fingerprint density at radius 1 is 1.38 bits per heavy atom. The van der Waals surface area contributed by atoms with Crippen LogP contribution in [0.1, 0.15) is 25.3 Å². The fourth-order valence-corrected chi connectivity index (χ4v) is 2.47. The van der Waals surface area contributed by atoms with Crippen LogP contribution in [0.15, 0.2) is 33.3 Å². The summed E-state index contributed by atoms with van der Waals surface area (Å²) in [6.45, 7) is 6.28. The van der Waals surface area contributed by atoms with Gasteiger partial charge in [0.25, 0.3) is 0 Å². The number of halogens is 2. The van der Waals surface area contributed by atoms with E-state index in [-0.39, 0.29) is 0 Å². The van der Waals surface area contributed by atoms with E-state index in [1.807, 2.05) is 18.2 Å². The second-order valence-electron chi connectivity index (χ2n) is 5.17. The summed E-state index contributed by atoms with van der Waals surface area (Å²) in [5.41, 5.74) is 0.871. The maximum atomic E-state index is 6.09. The van der Waals surface area contributed by atoms with Crippen molar-refractivity contribution in [3.05, 3.63) is 45.2 Å². The third-order valence-corrected chi connectivity index (χ3v) is 3.52. The van der Waals surface area contributed by atoms with E-state index >= 15 is 0 Å². The molecule has 0 unspecified atom stereocenters. The normalized spacial score (nSPS) is 11.1. The number of aromatic nitrogens is 1. The number of hydrogen-bond donors (Lipinski definition) is 1. The second-order valence-corrected chi connectivity index (χ2v) is 6.50. The molecule has 0 amide bonds. The van der Waals surface area contributed by atoms with E-state index in [9.17, 15) is 0 Å². The minimum absolute atomic E-state index is 0.304. The first kappa shape index (κ1) is 16.3. The highest BCUT2D eigenvalue weighted by Gasteiger charge is 2.07. The second kappa shape index (κ2) is 7.82. The van der Waals surface area contributed by atoms with Crippen molar-refractivity contribution >= 4 is 27.5 Å². The summed E-state index contributed by atoms with van der Waals surface area (Å²) in [7, 11) is 0. The van der Waals surface area contributed by atoms with Crippen LogP contribution in [0.5, 0.6) is 5.75 Å². The first-order chi connectivity index (χ1) is 10.0. The molecule has 0 saturated heterocycles. The molecular weight excluding hydrogens is 356 g/mol. The van der Waals surface area contributed by atoms with Gasteiger partial charge < -0.3 is 14.6 Å². The molecule has 4 nitrogen and oxygen atoms in total. The topological polar surface area (TPSA) is 47.3 Å². The Kier molecular flexibility index (Phi) is 6.08. The monoisotopic (exact) mass is 372 g/mol. The highest BCUT2D eigenvalue weighted by molar-refractivity contribution is 9.10. The Bertz CT molecular complexity index is 587. The minimum atomic E-state index is 0.304. The van der Waals surface area contributed by atoms with Gasteiger partial charge in [-0.3, -0.25) is 0 Å². The predicted octanol–water partition coefficient (Wildman–Crippen LogP) is 4.42. The summed E-state index contributed by atoms with van der Waals surface area (Å²) in [6, 6.07) is 7.37. The lowest BCUT2D eigenvalue weighted by Gasteiger charge is -2.05. The molecular formula is C15H18BrClN2O2. The van der Waals surface area contributed by atoms with Crippen molar-refractivity contribution in [2.75, 3.05) is 6.54 Å². The van der Waals surface area contributed by atoms with E-state index in [2.05, 4.69) is 40.3 Å². The van der Waals surface area contributed by atoms with Crippen LogP contribution < -0.4 is 10.1 Å². The molecule has 0 aliphatic heterocycles. The molecule has 0 radical (unpaired) electrons. The first-order valence-corrected chi connectivity index (χ1v) is 7.94. The highest BCUT2D eigenvalue weighted by atomic mass is 79.9. The fraction of sp³-hybridized carbons (Fsp3) is 0.400. The van der Waals surface area contributed by atoms with Gasteiger partial charge in [0, 0.05) is 17.1 Å². The first-order valence-electron chi connectivity index (χ1n) is 6.77. The predicted molar refractivity (Wildman–Crippen MR) is 86.5 cm³/mol. The van der Waals surface area contributed by atoms with Gasteiger partial charge in [0.05, 0.1) is 10.7 Å². The van der Waals surface area contributed by atoms with Crippen molar-refractivity contribution in [1.82, 2.24) is 10.5 Å². The van der Waals surface area contributed by atoms with Gasteiger partial charge in [-0.15, -0.1) is 0 Å². The summed E-state index contributed by atoms with van der Waals surface area (Å²) in [5.74, 6) is 1.91. The Morgan fingerprint density at radius 2 is 2.19 bits per heavy atom. The Labute approximate surface area is 137 Å². The van der Waals surface area contributed by atoms with E-state index in [0.717, 1.165) is 16.7 Å². The van der Waals surface area contributed by atoms with Gasteiger partial charge in [0.2, 0.25) is 0 Å². The summed E-state index contributed by atoms with van der Waals surface area (Å²) >= 11 is 9.44. The van der Waals surface area contributed by atoms with Crippen LogP contribution in [-0.2, 0) is 13.2 Å². The molecule has 0 saturated carbocycles. The smallest absolute Gasteiger partial charge is 0.174 e. The lowest BCUT2D eigenvalue weighted by molar-refractivity contribution is 0.248. The summed E-state index contributed by atoms with van der Waals surface area (Å²) in [6.07, 6.45) is 0. The van der Waals surface area contributed by atoms with E-state index in [0.29, 0.717) is 35.6 Å². The molecule has 1 N–H and O–H groups in total. The van der Waals surface area contributed by atoms with Gasteiger partial charge in [0.1, 0.15) is 12.4 Å². The zero-order valence-electron chi connectivity index (χ0n) is 12.0. The number of nitrogens with one attached hydrogen (secondary N) is 1. The Hall–Kier alpha value is -1.04. The molecule has 114 valence electrons. The molecule has 0 atom stereocenters. The maximum Gasteiger partial charge on any atom is 0.174 e. The van der Waals surface area contributed by atoms with Crippen LogP contribution in [0.3, 0.4) is 0 Å². The van der Waals surface area contributed by atoms with Crippen molar-refractivity contribution in [2.45, 2.75) is 27.0 Å². The van der Waals surface area contributed by atoms with Gasteiger partial charge in [-0.25, -0.2) is 0 Å². The van der Waals surface area contributed by atoms with E-state index in [1.165, 1.54) is 0 Å². The van der Waals surface area contributed by atoms with Gasteiger partial charge in [-0.1, -0.05) is 46.5 Å². The van der Waals surface area contributed by atoms with Crippen LogP contribution in [0.4, 0.5) is 0 Å². The van der Waals surface area contributed by atoms with Gasteiger partial charge >= 0.3 is 0 Å². The van der Waals surface area contributed by atoms with Crippen molar-refractivity contribution in [3.8, 4) is 5.75 Å². The molecule has 1 heterocycles. The zero-order chi connectivity index (χ0) is 15.2. The van der Waals surface area contributed by atoms with Gasteiger partial charge in [-0.05, 0) is 30.7 Å². The lowest BCUT2D eigenvalue weighted by Crippen LogP contribution is -2.19. The Morgan fingerprint density at radius 3 is 2.90 bits per heavy atom. The van der Waals surface area contributed by atoms with Crippen molar-refractivity contribution in [3.63, 3.8) is 0 Å². The van der Waals surface area contributed by atoms with E-state index < -0.39 is 0 Å². The molecule has 0 aliphatic carbocycles. The average molecular weight is 374 g/mol. The minimum Gasteiger partial charge on any atom is -0.484 e. The van der Waals surface area contributed by atoms with E-state index in [1.54, 1.807) is 6.07 Å². The number of benzene rings is 1. The van der Waals surface area contributed by atoms with Gasteiger partial charge in [-0.2, -0.15) is 0 Å². The highest BCUT2D eigenvalue weighted by Crippen LogP contribution is 2.28. The zero-order valence-corrected chi connectivity index (χ0v) is 14.4. The third-order valence-electron chi connectivity index (χ3n) is 2.73. The molecule has 1 aromatic heterocycles. The summed E-state index contributed by atoms with van der Waals surface area (Å²) < 4.78 is 11.8. The maximum absolute atomic E-state index is 6.09. The molecule has 0 aliphatic rings. The largest absolute Gasteiger partial charge is 0.484 e. The SMILES string of the molecule is CC(C)CNCc1cc(COc2ccc(Br)cc2Cl)on1. The van der Waals surface area contributed by atoms with Crippen molar-refractivity contribution in [2.24, 2.45) is 5.92 Å². The molecule has 2 aromatic rings. The quantitative estimate of drug-likeness (QED) is 0.780. The van der Waals surface area contributed by atoms with E-state index in [4.69, 9.17) is 20.9 Å². The average Bonchev–Trinajstić information content (AvgIpc) is 2.85. The fourth-order valence-electron chi connectivity index (χ4n) is 1.74. The molecule has 1 aromatic carbocycles. The van der Waals surface area contributed by atoms with Crippen LogP contribution in [0.25, 0.3) is 0 Å².